The first-order chi connectivity index (χ1) is 15.3. The molecule has 180 valence electrons. The molecular formula is C29H52O2. The van der Waals surface area contributed by atoms with Crippen LogP contribution in [0, 0.1) is 0 Å². The van der Waals surface area contributed by atoms with Crippen LogP contribution in [0.2, 0.25) is 0 Å². The number of unbranched alkanes of at least 4 members (excludes halogenated alkanes) is 20. The molecule has 0 saturated heterocycles. The highest BCUT2D eigenvalue weighted by Gasteiger charge is 1.97. The summed E-state index contributed by atoms with van der Waals surface area (Å²) in [5.74, 6) is 1.05. The van der Waals surface area contributed by atoms with E-state index in [1.165, 1.54) is 128 Å². The van der Waals surface area contributed by atoms with Gasteiger partial charge in [-0.25, -0.2) is 0 Å². The molecule has 0 unspecified atom stereocenters. The first kappa shape index (κ1) is 27.9. The van der Waals surface area contributed by atoms with Crippen molar-refractivity contribution in [2.24, 2.45) is 0 Å². The first-order valence-electron chi connectivity index (χ1n) is 13.7. The smallest absolute Gasteiger partial charge is 0.122 e. The number of hydrogen-bond donors (Lipinski definition) is 1. The number of benzene rings is 1. The summed E-state index contributed by atoms with van der Waals surface area (Å²) in [4.78, 5) is 0. The Morgan fingerprint density at radius 2 is 0.935 bits per heavy atom. The topological polar surface area (TPSA) is 29.5 Å². The largest absolute Gasteiger partial charge is 0.508 e. The van der Waals surface area contributed by atoms with Crippen molar-refractivity contribution in [3.05, 3.63) is 24.3 Å². The van der Waals surface area contributed by atoms with Gasteiger partial charge in [0.15, 0.2) is 0 Å². The van der Waals surface area contributed by atoms with Gasteiger partial charge in [-0.15, -0.1) is 0 Å². The van der Waals surface area contributed by atoms with Crippen molar-refractivity contribution >= 4 is 0 Å². The fraction of sp³-hybridized carbons (Fsp3) is 0.793. The molecule has 0 saturated carbocycles. The quantitative estimate of drug-likeness (QED) is 0.174. The number of phenolic OH excluding ortho intramolecular Hbond substituents is 1. The minimum atomic E-state index is 0.274. The standard InChI is InChI=1S/C29H52O2/c1-2-3-4-5-6-7-8-9-10-11-12-13-14-15-16-17-18-19-20-21-22-26-31-29-25-23-24-28(30)27-29/h23-25,27,30H,2-22,26H2,1H3. The Balaban J connectivity index is 1.68. The Bertz CT molecular complexity index is 485. The summed E-state index contributed by atoms with van der Waals surface area (Å²) in [6.07, 6.45) is 29.6. The number of aromatic hydroxyl groups is 1. The maximum atomic E-state index is 9.41. The molecule has 0 aliphatic rings. The molecule has 2 heteroatoms. The van der Waals surface area contributed by atoms with E-state index in [9.17, 15) is 5.11 Å². The fourth-order valence-corrected chi connectivity index (χ4v) is 4.30. The second kappa shape index (κ2) is 22.0. The van der Waals surface area contributed by atoms with Gasteiger partial charge in [0.25, 0.3) is 0 Å². The predicted molar refractivity (Wildman–Crippen MR) is 136 cm³/mol. The summed E-state index contributed by atoms with van der Waals surface area (Å²) < 4.78 is 5.67. The van der Waals surface area contributed by atoms with E-state index in [0.717, 1.165) is 18.8 Å². The lowest BCUT2D eigenvalue weighted by Gasteiger charge is -2.06. The Kier molecular flexibility index (Phi) is 19.8. The first-order valence-corrected chi connectivity index (χ1v) is 13.7. The molecule has 31 heavy (non-hydrogen) atoms. The molecule has 0 atom stereocenters. The third-order valence-corrected chi connectivity index (χ3v) is 6.33. The normalized spacial score (nSPS) is 11.1. The third-order valence-electron chi connectivity index (χ3n) is 6.33. The molecule has 0 aliphatic heterocycles. The Morgan fingerprint density at radius 3 is 1.32 bits per heavy atom. The monoisotopic (exact) mass is 432 g/mol. The third kappa shape index (κ3) is 19.2. The molecule has 0 fully saturated rings. The zero-order chi connectivity index (χ0) is 22.2. The Labute approximate surface area is 194 Å². The number of ether oxygens (including phenoxy) is 1. The Morgan fingerprint density at radius 1 is 0.548 bits per heavy atom. The predicted octanol–water partition coefficient (Wildman–Crippen LogP) is 9.98. The lowest BCUT2D eigenvalue weighted by Crippen LogP contribution is -1.97. The van der Waals surface area contributed by atoms with Gasteiger partial charge in [0.05, 0.1) is 6.61 Å². The molecule has 0 radical (unpaired) electrons. The van der Waals surface area contributed by atoms with Gasteiger partial charge in [-0.1, -0.05) is 141 Å². The van der Waals surface area contributed by atoms with Crippen LogP contribution in [0.5, 0.6) is 11.5 Å². The van der Waals surface area contributed by atoms with Gasteiger partial charge >= 0.3 is 0 Å². The van der Waals surface area contributed by atoms with E-state index < -0.39 is 0 Å². The minimum absolute atomic E-state index is 0.274. The molecule has 0 spiro atoms. The van der Waals surface area contributed by atoms with Crippen molar-refractivity contribution < 1.29 is 9.84 Å². The highest BCUT2D eigenvalue weighted by molar-refractivity contribution is 5.31. The van der Waals surface area contributed by atoms with Gasteiger partial charge in [0.2, 0.25) is 0 Å². The molecule has 1 N–H and O–H groups in total. The second-order valence-corrected chi connectivity index (χ2v) is 9.42. The fourth-order valence-electron chi connectivity index (χ4n) is 4.30. The molecule has 0 amide bonds. The van der Waals surface area contributed by atoms with E-state index in [1.54, 1.807) is 12.1 Å². The lowest BCUT2D eigenvalue weighted by molar-refractivity contribution is 0.302. The molecule has 1 aromatic rings. The van der Waals surface area contributed by atoms with Crippen LogP contribution < -0.4 is 4.74 Å². The zero-order valence-electron chi connectivity index (χ0n) is 20.7. The van der Waals surface area contributed by atoms with Crippen molar-refractivity contribution in [3.8, 4) is 11.5 Å². The van der Waals surface area contributed by atoms with Crippen LogP contribution in [-0.4, -0.2) is 11.7 Å². The summed E-state index contributed by atoms with van der Waals surface area (Å²) in [6, 6.07) is 7.07. The molecule has 0 aliphatic carbocycles. The van der Waals surface area contributed by atoms with Crippen LogP contribution in [0.1, 0.15) is 142 Å². The van der Waals surface area contributed by atoms with Crippen LogP contribution in [0.3, 0.4) is 0 Å². The zero-order valence-corrected chi connectivity index (χ0v) is 20.7. The van der Waals surface area contributed by atoms with Crippen molar-refractivity contribution in [1.29, 1.82) is 0 Å². The highest BCUT2D eigenvalue weighted by atomic mass is 16.5. The van der Waals surface area contributed by atoms with Gasteiger partial charge in [0, 0.05) is 6.07 Å². The summed E-state index contributed by atoms with van der Waals surface area (Å²) >= 11 is 0. The summed E-state index contributed by atoms with van der Waals surface area (Å²) in [6.45, 7) is 3.05. The van der Waals surface area contributed by atoms with Crippen LogP contribution in [0.15, 0.2) is 24.3 Å². The SMILES string of the molecule is CCCCCCCCCCCCCCCCCCCCCCCOc1cccc(O)c1. The maximum Gasteiger partial charge on any atom is 0.122 e. The van der Waals surface area contributed by atoms with Gasteiger partial charge < -0.3 is 9.84 Å². The van der Waals surface area contributed by atoms with Crippen LogP contribution in [-0.2, 0) is 0 Å². The number of rotatable bonds is 23. The summed E-state index contributed by atoms with van der Waals surface area (Å²) in [5.41, 5.74) is 0. The average Bonchev–Trinajstić information content (AvgIpc) is 2.77. The minimum Gasteiger partial charge on any atom is -0.508 e. The van der Waals surface area contributed by atoms with E-state index in [2.05, 4.69) is 6.92 Å². The maximum absolute atomic E-state index is 9.41. The van der Waals surface area contributed by atoms with Crippen molar-refractivity contribution in [2.75, 3.05) is 6.61 Å². The lowest BCUT2D eigenvalue weighted by atomic mass is 10.0. The second-order valence-electron chi connectivity index (χ2n) is 9.42. The summed E-state index contributed by atoms with van der Waals surface area (Å²) in [7, 11) is 0. The highest BCUT2D eigenvalue weighted by Crippen LogP contribution is 2.18. The van der Waals surface area contributed by atoms with Crippen molar-refractivity contribution in [2.45, 2.75) is 142 Å². The Hall–Kier alpha value is -1.18. The molecule has 1 aromatic carbocycles. The number of hydrogen-bond acceptors (Lipinski definition) is 2. The van der Waals surface area contributed by atoms with Crippen molar-refractivity contribution in [3.63, 3.8) is 0 Å². The van der Waals surface area contributed by atoms with Gasteiger partial charge in [-0.2, -0.15) is 0 Å². The molecule has 0 aromatic heterocycles. The van der Waals surface area contributed by atoms with E-state index in [0.29, 0.717) is 0 Å². The van der Waals surface area contributed by atoms with E-state index >= 15 is 0 Å². The van der Waals surface area contributed by atoms with Crippen molar-refractivity contribution in [1.82, 2.24) is 0 Å². The molecule has 0 heterocycles. The van der Waals surface area contributed by atoms with Crippen LogP contribution >= 0.6 is 0 Å². The van der Waals surface area contributed by atoms with Crippen LogP contribution in [0.4, 0.5) is 0 Å². The molecule has 2 nitrogen and oxygen atoms in total. The number of phenols is 1. The van der Waals surface area contributed by atoms with Gasteiger partial charge in [0.1, 0.15) is 11.5 Å². The van der Waals surface area contributed by atoms with Crippen LogP contribution in [0.25, 0.3) is 0 Å². The summed E-state index contributed by atoms with van der Waals surface area (Å²) in [5, 5.41) is 9.41. The van der Waals surface area contributed by atoms with Gasteiger partial charge in [-0.3, -0.25) is 0 Å². The van der Waals surface area contributed by atoms with E-state index in [4.69, 9.17) is 4.74 Å². The van der Waals surface area contributed by atoms with E-state index in [1.807, 2.05) is 12.1 Å². The van der Waals surface area contributed by atoms with E-state index in [-0.39, 0.29) is 5.75 Å². The molecule has 0 bridgehead atoms. The van der Waals surface area contributed by atoms with Gasteiger partial charge in [-0.05, 0) is 18.6 Å². The molecule has 1 rings (SSSR count). The average molecular weight is 433 g/mol. The molecular weight excluding hydrogens is 380 g/mol.